The predicted molar refractivity (Wildman–Crippen MR) is 103 cm³/mol. The molecule has 26 heavy (non-hydrogen) atoms. The molecule has 8 aliphatic rings. The van der Waals surface area contributed by atoms with Crippen molar-refractivity contribution in [3.05, 3.63) is 10.8 Å². The number of piperidine rings is 2. The Morgan fingerprint density at radius 1 is 0.885 bits per heavy atom. The fraction of sp³-hybridized carbons (Fsp3) is 0.842. The Morgan fingerprint density at radius 3 is 1.96 bits per heavy atom. The molecule has 0 aromatic carbocycles. The predicted octanol–water partition coefficient (Wildman–Crippen LogP) is 2.91. The van der Waals surface area contributed by atoms with Crippen molar-refractivity contribution in [2.45, 2.75) is 51.1 Å². The fourth-order valence-corrected chi connectivity index (χ4v) is 7.65. The number of carbonyl (C=O) groups is 1. The van der Waals surface area contributed by atoms with Crippen LogP contribution in [0.2, 0.25) is 5.15 Å². The van der Waals surface area contributed by atoms with Gasteiger partial charge in [-0.3, -0.25) is 14.6 Å². The first kappa shape index (κ1) is 17.5. The van der Waals surface area contributed by atoms with E-state index in [0.717, 1.165) is 42.7 Å². The van der Waals surface area contributed by atoms with Crippen LogP contribution in [-0.2, 0) is 4.79 Å². The van der Waals surface area contributed by atoms with E-state index in [4.69, 9.17) is 11.6 Å². The molecule has 4 atom stereocenters. The van der Waals surface area contributed by atoms with Gasteiger partial charge in [-0.25, -0.2) is 0 Å². The van der Waals surface area contributed by atoms with Crippen molar-refractivity contribution in [2.75, 3.05) is 26.2 Å². The van der Waals surface area contributed by atoms with E-state index < -0.39 is 0 Å². The van der Waals surface area contributed by atoms with Gasteiger partial charge in [0.05, 0.1) is 17.4 Å². The molecule has 5 nitrogen and oxygen atoms in total. The monoisotopic (exact) mass is 394 g/mol. The highest BCUT2D eigenvalue weighted by Gasteiger charge is 2.53. The average molecular weight is 395 g/mol. The lowest BCUT2D eigenvalue weighted by Gasteiger charge is -2.33. The summed E-state index contributed by atoms with van der Waals surface area (Å²) >= 11 is 7.37. The van der Waals surface area contributed by atoms with Crippen LogP contribution < -0.4 is 0 Å². The molecule has 2 aliphatic carbocycles. The summed E-state index contributed by atoms with van der Waals surface area (Å²) in [7, 11) is 0. The first-order valence-corrected chi connectivity index (χ1v) is 10.8. The van der Waals surface area contributed by atoms with Gasteiger partial charge in [0.1, 0.15) is 5.78 Å². The van der Waals surface area contributed by atoms with E-state index in [2.05, 4.69) is 18.5 Å². The van der Waals surface area contributed by atoms with E-state index in [1.54, 1.807) is 0 Å². The molecule has 1 aromatic heterocycles. The molecule has 0 spiro atoms. The molecule has 1 aromatic rings. The molecule has 9 rings (SSSR count). The van der Waals surface area contributed by atoms with E-state index in [9.17, 15) is 4.79 Å². The maximum Gasteiger partial charge on any atom is 0.166 e. The number of nitrogens with zero attached hydrogens (tertiary/aromatic N) is 4. The summed E-state index contributed by atoms with van der Waals surface area (Å²) in [6.07, 6.45) is 5.06. The van der Waals surface area contributed by atoms with Crippen LogP contribution in [0.5, 0.6) is 0 Å². The molecule has 0 N–H and O–H groups in total. The van der Waals surface area contributed by atoms with Crippen molar-refractivity contribution in [1.82, 2.24) is 18.5 Å². The third-order valence-corrected chi connectivity index (χ3v) is 8.67. The Balaban J connectivity index is 0.000000119. The van der Waals surface area contributed by atoms with Crippen LogP contribution in [0.15, 0.2) is 0 Å². The molecule has 6 aliphatic heterocycles. The second kappa shape index (κ2) is 6.23. The highest BCUT2D eigenvalue weighted by atomic mass is 35.5. The number of Topliss-reactive ketones (excluding diaryl/α,β-unsaturated/α-hetero) is 1. The number of hydrogen-bond acceptors (Lipinski definition) is 6. The lowest BCUT2D eigenvalue weighted by Crippen LogP contribution is -2.35. The van der Waals surface area contributed by atoms with Gasteiger partial charge in [0.15, 0.2) is 5.15 Å². The quantitative estimate of drug-likeness (QED) is 0.733. The van der Waals surface area contributed by atoms with Gasteiger partial charge in [-0.2, -0.15) is 8.75 Å². The highest BCUT2D eigenvalue weighted by molar-refractivity contribution is 6.99. The van der Waals surface area contributed by atoms with Gasteiger partial charge in [0.25, 0.3) is 0 Å². The van der Waals surface area contributed by atoms with Crippen molar-refractivity contribution in [3.63, 3.8) is 0 Å². The highest BCUT2D eigenvalue weighted by Crippen LogP contribution is 2.54. The van der Waals surface area contributed by atoms with Crippen LogP contribution in [0.25, 0.3) is 0 Å². The van der Waals surface area contributed by atoms with Crippen molar-refractivity contribution >= 4 is 29.1 Å². The van der Waals surface area contributed by atoms with E-state index in [1.165, 1.54) is 50.5 Å². The minimum Gasteiger partial charge on any atom is -0.300 e. The maximum absolute atomic E-state index is 11.4. The number of hydrogen-bond donors (Lipinski definition) is 0. The van der Waals surface area contributed by atoms with Crippen LogP contribution in [0, 0.1) is 23.7 Å². The number of carbonyl (C=O) groups excluding carboxylic acids is 1. The fourth-order valence-electron chi connectivity index (χ4n) is 6.84. The molecule has 8 bridgehead atoms. The SMILES string of the molecule is C.Clc1nsnc1C1C2CC3CC1CN3C2.O=C1C2CC3CC1CN3C2. The molecular formula is C19H27ClN4OS. The lowest BCUT2D eigenvalue weighted by molar-refractivity contribution is -0.128. The van der Waals surface area contributed by atoms with Gasteiger partial charge < -0.3 is 0 Å². The minimum absolute atomic E-state index is 0. The second-order valence-corrected chi connectivity index (χ2v) is 9.83. The molecule has 0 radical (unpaired) electrons. The topological polar surface area (TPSA) is 49.3 Å². The standard InChI is InChI=1S/C10H12ClN3S.C8H11NO.CH4/c11-10-9(12-15-13-10)8-5-1-7-2-6(8)4-14(7)3-5;10-8-5-1-7-2-6(8)4-9(7)3-5;/h5-8H,1-4H2;5-7H,1-4H2;1H4. The molecule has 142 valence electrons. The Hall–Kier alpha value is -0.560. The van der Waals surface area contributed by atoms with E-state index in [1.807, 2.05) is 0 Å². The van der Waals surface area contributed by atoms with Gasteiger partial charge in [-0.1, -0.05) is 19.0 Å². The van der Waals surface area contributed by atoms with Gasteiger partial charge >= 0.3 is 0 Å². The summed E-state index contributed by atoms with van der Waals surface area (Å²) in [6.45, 7) is 4.69. The molecule has 8 fully saturated rings. The Morgan fingerprint density at radius 2 is 1.46 bits per heavy atom. The average Bonchev–Trinajstić information content (AvgIpc) is 3.33. The Bertz CT molecular complexity index is 664. The van der Waals surface area contributed by atoms with Crippen LogP contribution in [0.3, 0.4) is 0 Å². The zero-order valence-electron chi connectivity index (χ0n) is 14.2. The molecule has 7 heteroatoms. The molecule has 2 saturated carbocycles. The first-order chi connectivity index (χ1) is 12.2. The van der Waals surface area contributed by atoms with Gasteiger partial charge in [0.2, 0.25) is 0 Å². The Kier molecular flexibility index (Phi) is 4.20. The summed E-state index contributed by atoms with van der Waals surface area (Å²) in [5, 5.41) is 0.661. The van der Waals surface area contributed by atoms with E-state index in [0.29, 0.717) is 28.7 Å². The van der Waals surface area contributed by atoms with Crippen LogP contribution in [0.4, 0.5) is 0 Å². The summed E-state index contributed by atoms with van der Waals surface area (Å²) in [5.41, 5.74) is 1.09. The van der Waals surface area contributed by atoms with Crippen LogP contribution in [0.1, 0.15) is 44.7 Å². The largest absolute Gasteiger partial charge is 0.300 e. The number of rotatable bonds is 1. The van der Waals surface area contributed by atoms with Crippen LogP contribution >= 0.6 is 23.3 Å². The maximum atomic E-state index is 11.4. The van der Waals surface area contributed by atoms with E-state index >= 15 is 0 Å². The molecule has 6 saturated heterocycles. The van der Waals surface area contributed by atoms with Gasteiger partial charge in [0, 0.05) is 56.0 Å². The zero-order chi connectivity index (χ0) is 16.7. The Labute approximate surface area is 164 Å². The molecule has 7 heterocycles. The lowest BCUT2D eigenvalue weighted by atomic mass is 9.72. The first-order valence-electron chi connectivity index (χ1n) is 9.67. The zero-order valence-corrected chi connectivity index (χ0v) is 15.8. The number of ketones is 1. The van der Waals surface area contributed by atoms with Crippen molar-refractivity contribution in [1.29, 1.82) is 0 Å². The summed E-state index contributed by atoms with van der Waals surface area (Å²) < 4.78 is 8.52. The minimum atomic E-state index is 0. The van der Waals surface area contributed by atoms with Crippen molar-refractivity contribution in [2.24, 2.45) is 23.7 Å². The molecule has 4 unspecified atom stereocenters. The number of halogens is 1. The second-order valence-electron chi connectivity index (χ2n) is 8.94. The van der Waals surface area contributed by atoms with E-state index in [-0.39, 0.29) is 7.43 Å². The third kappa shape index (κ3) is 2.45. The number of aromatic nitrogens is 2. The van der Waals surface area contributed by atoms with Gasteiger partial charge in [-0.15, -0.1) is 0 Å². The van der Waals surface area contributed by atoms with Crippen LogP contribution in [-0.4, -0.2) is 62.6 Å². The molecular weight excluding hydrogens is 368 g/mol. The van der Waals surface area contributed by atoms with Gasteiger partial charge in [-0.05, 0) is 37.5 Å². The molecule has 0 amide bonds. The third-order valence-electron chi connectivity index (χ3n) is 7.75. The normalized spacial score (nSPS) is 48.7. The summed E-state index contributed by atoms with van der Waals surface area (Å²) in [6, 6.07) is 1.68. The van der Waals surface area contributed by atoms with Crippen molar-refractivity contribution < 1.29 is 4.79 Å². The smallest absolute Gasteiger partial charge is 0.166 e. The van der Waals surface area contributed by atoms with Crippen molar-refractivity contribution in [3.8, 4) is 0 Å². The summed E-state index contributed by atoms with van der Waals surface area (Å²) in [4.78, 5) is 16.5. The summed E-state index contributed by atoms with van der Waals surface area (Å²) in [5.74, 6) is 3.65.